The standard InChI is InChI=1S/C36H42FN3O4/c1-22-29(25-10-12-26(13-11-25)33-38-21-28(43-33)20-24-8-14-27(37)15-9-24)31(40-18-16-36(6,7)17-19-40)30(23(2)39-22)32(34(41)42)44-35(3,4)5/h8-15,21,32H,16-20H2,1-7H3,(H,41,42)/t32-/m0/s1. The Balaban J connectivity index is 1.55. The number of rotatable bonds is 8. The Morgan fingerprint density at radius 2 is 1.64 bits per heavy atom. The van der Waals surface area contributed by atoms with Crippen LogP contribution in [0.1, 0.15) is 81.8 Å². The van der Waals surface area contributed by atoms with E-state index in [0.717, 1.165) is 59.6 Å². The Hall–Kier alpha value is -4.04. The van der Waals surface area contributed by atoms with Gasteiger partial charge >= 0.3 is 5.97 Å². The van der Waals surface area contributed by atoms with Gasteiger partial charge in [0.2, 0.25) is 5.89 Å². The number of anilines is 1. The van der Waals surface area contributed by atoms with Gasteiger partial charge < -0.3 is 19.2 Å². The lowest BCUT2D eigenvalue weighted by Gasteiger charge is -2.41. The summed E-state index contributed by atoms with van der Waals surface area (Å²) in [6.07, 6.45) is 3.03. The third kappa shape index (κ3) is 7.02. The van der Waals surface area contributed by atoms with Crippen molar-refractivity contribution < 1.29 is 23.4 Å². The average Bonchev–Trinajstić information content (AvgIpc) is 3.41. The van der Waals surface area contributed by atoms with Crippen molar-refractivity contribution in [2.45, 2.75) is 79.4 Å². The number of hydrogen-bond acceptors (Lipinski definition) is 6. The van der Waals surface area contributed by atoms with E-state index in [-0.39, 0.29) is 11.2 Å². The van der Waals surface area contributed by atoms with Gasteiger partial charge in [0.15, 0.2) is 6.10 Å². The van der Waals surface area contributed by atoms with Crippen LogP contribution in [-0.2, 0) is 16.0 Å². The Morgan fingerprint density at radius 1 is 1.02 bits per heavy atom. The molecule has 3 heterocycles. The molecule has 1 fully saturated rings. The first-order chi connectivity index (χ1) is 20.7. The maximum atomic E-state index is 13.3. The Bertz CT molecular complexity index is 1630. The predicted octanol–water partition coefficient (Wildman–Crippen LogP) is 8.32. The summed E-state index contributed by atoms with van der Waals surface area (Å²) in [5.74, 6) is -0.122. The molecule has 0 saturated carbocycles. The minimum absolute atomic E-state index is 0.218. The molecule has 0 bridgehead atoms. The highest BCUT2D eigenvalue weighted by atomic mass is 19.1. The van der Waals surface area contributed by atoms with Gasteiger partial charge in [0.1, 0.15) is 11.6 Å². The third-order valence-electron chi connectivity index (χ3n) is 8.24. The van der Waals surface area contributed by atoms with Crippen LogP contribution in [0.3, 0.4) is 0 Å². The molecule has 232 valence electrons. The molecule has 0 unspecified atom stereocenters. The molecule has 5 rings (SSSR count). The second-order valence-electron chi connectivity index (χ2n) is 13.5. The number of ether oxygens (including phenoxy) is 1. The molecule has 1 N–H and O–H groups in total. The van der Waals surface area contributed by atoms with Gasteiger partial charge in [-0.3, -0.25) is 4.98 Å². The fourth-order valence-corrected chi connectivity index (χ4v) is 5.86. The van der Waals surface area contributed by atoms with Crippen molar-refractivity contribution in [2.24, 2.45) is 5.41 Å². The van der Waals surface area contributed by atoms with Crippen LogP contribution in [0.4, 0.5) is 10.1 Å². The number of carbonyl (C=O) groups is 1. The Kier molecular flexibility index (Phi) is 8.67. The second kappa shape index (κ2) is 12.2. The number of aryl methyl sites for hydroxylation is 2. The van der Waals surface area contributed by atoms with E-state index in [1.54, 1.807) is 18.3 Å². The topological polar surface area (TPSA) is 88.7 Å². The number of carboxylic acid groups (broad SMARTS) is 1. The summed E-state index contributed by atoms with van der Waals surface area (Å²) in [6.45, 7) is 15.7. The van der Waals surface area contributed by atoms with Crippen molar-refractivity contribution in [3.05, 3.63) is 88.8 Å². The SMILES string of the molecule is Cc1nc(C)c([C@H](OC(C)(C)C)C(=O)O)c(N2CCC(C)(C)CC2)c1-c1ccc(-c2ncc(Cc3ccc(F)cc3)o2)cc1. The summed E-state index contributed by atoms with van der Waals surface area (Å²) in [6, 6.07) is 14.3. The summed E-state index contributed by atoms with van der Waals surface area (Å²) in [4.78, 5) is 24.4. The Morgan fingerprint density at radius 3 is 2.23 bits per heavy atom. The maximum Gasteiger partial charge on any atom is 0.337 e. The molecular formula is C36H42FN3O4. The van der Waals surface area contributed by atoms with Crippen LogP contribution < -0.4 is 4.90 Å². The highest BCUT2D eigenvalue weighted by molar-refractivity contribution is 5.88. The Labute approximate surface area is 259 Å². The highest BCUT2D eigenvalue weighted by Crippen LogP contribution is 2.45. The number of aromatic nitrogens is 2. The fraction of sp³-hybridized carbons (Fsp3) is 0.417. The number of nitrogens with zero attached hydrogens (tertiary/aromatic N) is 3. The predicted molar refractivity (Wildman–Crippen MR) is 170 cm³/mol. The fourth-order valence-electron chi connectivity index (χ4n) is 5.86. The number of halogens is 1. The summed E-state index contributed by atoms with van der Waals surface area (Å²) in [5, 5.41) is 10.4. The van der Waals surface area contributed by atoms with E-state index >= 15 is 0 Å². The van der Waals surface area contributed by atoms with Gasteiger partial charge in [-0.25, -0.2) is 14.2 Å². The third-order valence-corrected chi connectivity index (χ3v) is 8.24. The van der Waals surface area contributed by atoms with Crippen molar-refractivity contribution >= 4 is 11.7 Å². The van der Waals surface area contributed by atoms with E-state index in [1.165, 1.54) is 12.1 Å². The summed E-state index contributed by atoms with van der Waals surface area (Å²) in [7, 11) is 0. The van der Waals surface area contributed by atoms with Crippen LogP contribution in [0.15, 0.2) is 59.1 Å². The van der Waals surface area contributed by atoms with Gasteiger partial charge in [-0.15, -0.1) is 0 Å². The molecule has 2 aromatic carbocycles. The number of benzene rings is 2. The van der Waals surface area contributed by atoms with Crippen LogP contribution in [-0.4, -0.2) is 39.7 Å². The molecule has 4 aromatic rings. The van der Waals surface area contributed by atoms with Crippen molar-refractivity contribution in [2.75, 3.05) is 18.0 Å². The first-order valence-corrected chi connectivity index (χ1v) is 15.2. The molecule has 7 nitrogen and oxygen atoms in total. The van der Waals surface area contributed by atoms with Crippen LogP contribution in [0.25, 0.3) is 22.6 Å². The average molecular weight is 600 g/mol. The lowest BCUT2D eigenvalue weighted by atomic mass is 9.81. The molecule has 0 amide bonds. The smallest absolute Gasteiger partial charge is 0.337 e. The summed E-state index contributed by atoms with van der Waals surface area (Å²) in [5.41, 5.74) is 6.11. The van der Waals surface area contributed by atoms with E-state index in [1.807, 2.05) is 58.9 Å². The van der Waals surface area contributed by atoms with Crippen LogP contribution in [0, 0.1) is 25.1 Å². The van der Waals surface area contributed by atoms with Crippen molar-refractivity contribution in [1.29, 1.82) is 0 Å². The van der Waals surface area contributed by atoms with Gasteiger partial charge in [0.05, 0.1) is 17.5 Å². The molecule has 1 saturated heterocycles. The van der Waals surface area contributed by atoms with Gasteiger partial charge in [0, 0.05) is 47.6 Å². The van der Waals surface area contributed by atoms with Crippen LogP contribution in [0.5, 0.6) is 0 Å². The van der Waals surface area contributed by atoms with Gasteiger partial charge in [-0.05, 0) is 88.3 Å². The maximum absolute atomic E-state index is 13.3. The molecular weight excluding hydrogens is 557 g/mol. The molecule has 1 aliphatic rings. The van der Waals surface area contributed by atoms with Crippen molar-refractivity contribution in [3.63, 3.8) is 0 Å². The number of oxazole rings is 1. The molecule has 8 heteroatoms. The number of carboxylic acids is 1. The normalized spacial score (nSPS) is 15.8. The van der Waals surface area contributed by atoms with Crippen molar-refractivity contribution in [1.82, 2.24) is 9.97 Å². The largest absolute Gasteiger partial charge is 0.479 e. The van der Waals surface area contributed by atoms with E-state index in [9.17, 15) is 14.3 Å². The van der Waals surface area contributed by atoms with Crippen LogP contribution in [0.2, 0.25) is 0 Å². The molecule has 1 aliphatic heterocycles. The van der Waals surface area contributed by atoms with Gasteiger partial charge in [-0.2, -0.15) is 0 Å². The minimum Gasteiger partial charge on any atom is -0.479 e. The van der Waals surface area contributed by atoms with E-state index < -0.39 is 17.7 Å². The zero-order chi connectivity index (χ0) is 31.8. The molecule has 2 aromatic heterocycles. The summed E-state index contributed by atoms with van der Waals surface area (Å²) >= 11 is 0. The zero-order valence-electron chi connectivity index (χ0n) is 26.7. The van der Waals surface area contributed by atoms with E-state index in [2.05, 4.69) is 23.7 Å². The zero-order valence-corrected chi connectivity index (χ0v) is 26.7. The number of piperidine rings is 1. The lowest BCUT2D eigenvalue weighted by molar-refractivity contribution is -0.160. The highest BCUT2D eigenvalue weighted by Gasteiger charge is 2.36. The minimum atomic E-state index is -1.17. The summed E-state index contributed by atoms with van der Waals surface area (Å²) < 4.78 is 25.5. The molecule has 0 radical (unpaired) electrons. The number of pyridine rings is 1. The van der Waals surface area contributed by atoms with Gasteiger partial charge in [0.25, 0.3) is 0 Å². The first kappa shape index (κ1) is 31.4. The van der Waals surface area contributed by atoms with Crippen LogP contribution >= 0.6 is 0 Å². The molecule has 44 heavy (non-hydrogen) atoms. The quantitative estimate of drug-likeness (QED) is 0.218. The molecule has 0 spiro atoms. The number of hydrogen-bond donors (Lipinski definition) is 1. The van der Waals surface area contributed by atoms with Gasteiger partial charge in [-0.1, -0.05) is 38.1 Å². The monoisotopic (exact) mass is 599 g/mol. The van der Waals surface area contributed by atoms with E-state index in [4.69, 9.17) is 14.1 Å². The van der Waals surface area contributed by atoms with Crippen molar-refractivity contribution in [3.8, 4) is 22.6 Å². The first-order valence-electron chi connectivity index (χ1n) is 15.2. The number of aliphatic carboxylic acids is 1. The lowest BCUT2D eigenvalue weighted by Crippen LogP contribution is -2.39. The van der Waals surface area contributed by atoms with E-state index in [0.29, 0.717) is 29.3 Å². The molecule has 1 atom stereocenters. The second-order valence-corrected chi connectivity index (χ2v) is 13.5. The molecule has 0 aliphatic carbocycles.